The molecule has 0 aliphatic carbocycles. The highest BCUT2D eigenvalue weighted by Crippen LogP contribution is 2.18. The van der Waals surface area contributed by atoms with E-state index in [1.165, 1.54) is 30.3 Å². The minimum absolute atomic E-state index is 0.0569. The third kappa shape index (κ3) is 4.58. The highest BCUT2D eigenvalue weighted by molar-refractivity contribution is 7.89. The Kier molecular flexibility index (Phi) is 5.90. The van der Waals surface area contributed by atoms with Gasteiger partial charge in [-0.15, -0.1) is 6.58 Å². The van der Waals surface area contributed by atoms with E-state index in [-0.39, 0.29) is 28.4 Å². The maximum atomic E-state index is 12.5. The van der Waals surface area contributed by atoms with Gasteiger partial charge in [-0.3, -0.25) is 4.79 Å². The van der Waals surface area contributed by atoms with Crippen molar-refractivity contribution in [2.75, 3.05) is 6.54 Å². The van der Waals surface area contributed by atoms with Crippen molar-refractivity contribution >= 4 is 26.9 Å². The molecule has 150 valence electrons. The Bertz CT molecular complexity index is 1230. The van der Waals surface area contributed by atoms with E-state index in [9.17, 15) is 18.0 Å². The van der Waals surface area contributed by atoms with Gasteiger partial charge in [0.1, 0.15) is 0 Å². The standard InChI is InChI=1S/C20H19N3O5S/c1-3-11-21-29(26,27)15-8-6-7-14(12-15)20(25)28-13(2)18-22-17-10-5-4-9-16(17)19(24)23-18/h3-10,12-13,21H,1,11H2,2H3,(H,22,23,24)/t13-/m0/s1. The van der Waals surface area contributed by atoms with Crippen LogP contribution < -0.4 is 10.3 Å². The predicted molar refractivity (Wildman–Crippen MR) is 108 cm³/mol. The summed E-state index contributed by atoms with van der Waals surface area (Å²) in [5, 5.41) is 0.430. The first kappa shape index (κ1) is 20.4. The largest absolute Gasteiger partial charge is 0.451 e. The first-order valence-electron chi connectivity index (χ1n) is 8.72. The molecule has 1 atom stereocenters. The summed E-state index contributed by atoms with van der Waals surface area (Å²) >= 11 is 0. The van der Waals surface area contributed by atoms with Crippen LogP contribution in [0.3, 0.4) is 0 Å². The Hall–Kier alpha value is -3.30. The second-order valence-corrected chi connectivity index (χ2v) is 7.95. The number of H-pyrrole nitrogens is 1. The molecule has 1 heterocycles. The highest BCUT2D eigenvalue weighted by Gasteiger charge is 2.19. The molecule has 0 amide bonds. The maximum absolute atomic E-state index is 12.5. The zero-order valence-corrected chi connectivity index (χ0v) is 16.4. The van der Waals surface area contributed by atoms with Gasteiger partial charge < -0.3 is 9.72 Å². The monoisotopic (exact) mass is 413 g/mol. The van der Waals surface area contributed by atoms with Crippen LogP contribution in [0.1, 0.15) is 29.2 Å². The number of esters is 1. The number of sulfonamides is 1. The molecule has 0 aliphatic rings. The summed E-state index contributed by atoms with van der Waals surface area (Å²) in [6, 6.07) is 12.3. The van der Waals surface area contributed by atoms with Gasteiger partial charge >= 0.3 is 5.97 Å². The molecule has 2 aromatic carbocycles. The van der Waals surface area contributed by atoms with Gasteiger partial charge in [0.25, 0.3) is 5.56 Å². The third-order valence-electron chi connectivity index (χ3n) is 4.10. The summed E-state index contributed by atoms with van der Waals surface area (Å²) in [6.45, 7) is 5.09. The molecule has 3 aromatic rings. The summed E-state index contributed by atoms with van der Waals surface area (Å²) in [7, 11) is -3.78. The van der Waals surface area contributed by atoms with Crippen molar-refractivity contribution in [3.8, 4) is 0 Å². The van der Waals surface area contributed by atoms with Crippen molar-refractivity contribution in [2.45, 2.75) is 17.9 Å². The number of aromatic amines is 1. The zero-order valence-electron chi connectivity index (χ0n) is 15.6. The molecule has 0 fully saturated rings. The van der Waals surface area contributed by atoms with E-state index in [1.54, 1.807) is 31.2 Å². The normalized spacial score (nSPS) is 12.4. The van der Waals surface area contributed by atoms with Crippen molar-refractivity contribution in [3.63, 3.8) is 0 Å². The second kappa shape index (κ2) is 8.38. The quantitative estimate of drug-likeness (QED) is 0.453. The van der Waals surface area contributed by atoms with Crippen LogP contribution in [-0.2, 0) is 14.8 Å². The number of nitrogens with zero attached hydrogens (tertiary/aromatic N) is 1. The lowest BCUT2D eigenvalue weighted by atomic mass is 10.2. The van der Waals surface area contributed by atoms with Crippen molar-refractivity contribution in [1.82, 2.24) is 14.7 Å². The summed E-state index contributed by atoms with van der Waals surface area (Å²) in [4.78, 5) is 31.5. The van der Waals surface area contributed by atoms with Crippen LogP contribution in [0.25, 0.3) is 10.9 Å². The van der Waals surface area contributed by atoms with E-state index in [0.29, 0.717) is 10.9 Å². The molecule has 0 saturated heterocycles. The minimum Gasteiger partial charge on any atom is -0.451 e. The Morgan fingerprint density at radius 2 is 2.03 bits per heavy atom. The number of rotatable bonds is 7. The molecule has 0 aliphatic heterocycles. The zero-order chi connectivity index (χ0) is 21.0. The first-order chi connectivity index (χ1) is 13.8. The lowest BCUT2D eigenvalue weighted by molar-refractivity contribution is 0.0319. The Labute approximate surface area is 167 Å². The maximum Gasteiger partial charge on any atom is 0.338 e. The average Bonchev–Trinajstić information content (AvgIpc) is 2.72. The Balaban J connectivity index is 1.82. The van der Waals surface area contributed by atoms with Crippen molar-refractivity contribution in [1.29, 1.82) is 0 Å². The van der Waals surface area contributed by atoms with Gasteiger partial charge in [0.05, 0.1) is 21.4 Å². The molecule has 29 heavy (non-hydrogen) atoms. The lowest BCUT2D eigenvalue weighted by Gasteiger charge is -2.13. The van der Waals surface area contributed by atoms with Crippen molar-refractivity contribution < 1.29 is 17.9 Å². The number of ether oxygens (including phenoxy) is 1. The molecular formula is C20H19N3O5S. The third-order valence-corrected chi connectivity index (χ3v) is 5.52. The number of fused-ring (bicyclic) bond motifs is 1. The van der Waals surface area contributed by atoms with E-state index < -0.39 is 22.1 Å². The molecular weight excluding hydrogens is 394 g/mol. The molecule has 3 rings (SSSR count). The first-order valence-corrected chi connectivity index (χ1v) is 10.2. The Morgan fingerprint density at radius 1 is 1.28 bits per heavy atom. The summed E-state index contributed by atoms with van der Waals surface area (Å²) < 4.78 is 32.1. The average molecular weight is 413 g/mol. The number of hydrogen-bond donors (Lipinski definition) is 2. The molecule has 0 radical (unpaired) electrons. The van der Waals surface area contributed by atoms with E-state index >= 15 is 0 Å². The predicted octanol–water partition coefficient (Wildman–Crippen LogP) is 2.31. The molecule has 0 unspecified atom stereocenters. The van der Waals surface area contributed by atoms with Gasteiger partial charge in [-0.2, -0.15) is 0 Å². The van der Waals surface area contributed by atoms with Crippen LogP contribution in [0.5, 0.6) is 0 Å². The summed E-state index contributed by atoms with van der Waals surface area (Å²) in [5.74, 6) is -0.549. The molecule has 0 bridgehead atoms. The number of hydrogen-bond acceptors (Lipinski definition) is 6. The van der Waals surface area contributed by atoms with Crippen LogP contribution in [0.15, 0.2) is 70.9 Å². The van der Waals surface area contributed by atoms with Crippen LogP contribution in [0.4, 0.5) is 0 Å². The molecule has 2 N–H and O–H groups in total. The number of carbonyl (C=O) groups is 1. The van der Waals surface area contributed by atoms with E-state index in [0.717, 1.165) is 0 Å². The van der Waals surface area contributed by atoms with Gasteiger partial charge in [-0.1, -0.05) is 24.3 Å². The Morgan fingerprint density at radius 3 is 2.79 bits per heavy atom. The number of aromatic nitrogens is 2. The fourth-order valence-corrected chi connectivity index (χ4v) is 3.67. The van der Waals surface area contributed by atoms with E-state index in [4.69, 9.17) is 4.74 Å². The van der Waals surface area contributed by atoms with Gasteiger partial charge in [0.2, 0.25) is 10.0 Å². The molecule has 9 heteroatoms. The fraction of sp³-hybridized carbons (Fsp3) is 0.150. The van der Waals surface area contributed by atoms with Gasteiger partial charge in [0.15, 0.2) is 11.9 Å². The number of nitrogens with one attached hydrogen (secondary N) is 2. The lowest BCUT2D eigenvalue weighted by Crippen LogP contribution is -2.24. The molecule has 0 spiro atoms. The molecule has 0 saturated carbocycles. The minimum atomic E-state index is -3.78. The molecule has 8 nitrogen and oxygen atoms in total. The summed E-state index contributed by atoms with van der Waals surface area (Å²) in [5.41, 5.74) is 0.201. The fourth-order valence-electron chi connectivity index (χ4n) is 2.62. The molecule has 1 aromatic heterocycles. The van der Waals surface area contributed by atoms with Crippen LogP contribution >= 0.6 is 0 Å². The highest BCUT2D eigenvalue weighted by atomic mass is 32.2. The van der Waals surface area contributed by atoms with Crippen LogP contribution in [0, 0.1) is 0 Å². The van der Waals surface area contributed by atoms with Crippen LogP contribution in [0.2, 0.25) is 0 Å². The van der Waals surface area contributed by atoms with Gasteiger partial charge in [-0.25, -0.2) is 22.9 Å². The van der Waals surface area contributed by atoms with Crippen molar-refractivity contribution in [3.05, 3.63) is 82.9 Å². The number of benzene rings is 2. The SMILES string of the molecule is C=CCNS(=O)(=O)c1cccc(C(=O)O[C@@H](C)c2nc3ccccc3c(=O)[nH]2)c1. The van der Waals surface area contributed by atoms with Gasteiger partial charge in [0, 0.05) is 6.54 Å². The van der Waals surface area contributed by atoms with Crippen LogP contribution in [-0.4, -0.2) is 30.9 Å². The topological polar surface area (TPSA) is 118 Å². The summed E-state index contributed by atoms with van der Waals surface area (Å²) in [6.07, 6.45) is 0.563. The van der Waals surface area contributed by atoms with Gasteiger partial charge in [-0.05, 0) is 37.3 Å². The second-order valence-electron chi connectivity index (χ2n) is 6.18. The van der Waals surface area contributed by atoms with Crippen molar-refractivity contribution in [2.24, 2.45) is 0 Å². The number of carbonyl (C=O) groups excluding carboxylic acids is 1. The van der Waals surface area contributed by atoms with E-state index in [1.807, 2.05) is 0 Å². The smallest absolute Gasteiger partial charge is 0.338 e. The number of para-hydroxylation sites is 1. The van der Waals surface area contributed by atoms with E-state index in [2.05, 4.69) is 21.3 Å².